The number of anilines is 1. The zero-order valence-corrected chi connectivity index (χ0v) is 11.1. The molecule has 2 rings (SSSR count). The molecule has 0 spiro atoms. The molecule has 1 N–H and O–H groups in total. The van der Waals surface area contributed by atoms with Crippen molar-refractivity contribution in [3.63, 3.8) is 0 Å². The first-order valence-electron chi connectivity index (χ1n) is 6.16. The van der Waals surface area contributed by atoms with Crippen molar-refractivity contribution in [1.29, 1.82) is 5.26 Å². The van der Waals surface area contributed by atoms with E-state index in [1.165, 1.54) is 0 Å². The fraction of sp³-hybridized carbons (Fsp3) is 0.615. The van der Waals surface area contributed by atoms with Gasteiger partial charge in [0.1, 0.15) is 11.6 Å². The topological polar surface area (TPSA) is 70.8 Å². The Morgan fingerprint density at radius 1 is 1.28 bits per heavy atom. The minimum atomic E-state index is -0.0692. The highest BCUT2D eigenvalue weighted by molar-refractivity contribution is 5.56. The van der Waals surface area contributed by atoms with Crippen LogP contribution in [0.5, 0.6) is 0 Å². The molecule has 96 valence electrons. The molecule has 1 aromatic heterocycles. The minimum Gasteiger partial charge on any atom is -0.381 e. The normalized spacial score (nSPS) is 18.1. The minimum absolute atomic E-state index is 0.0692. The smallest absolute Gasteiger partial charge is 0.167 e. The van der Waals surface area contributed by atoms with Crippen molar-refractivity contribution in [3.05, 3.63) is 16.8 Å². The lowest BCUT2D eigenvalue weighted by Gasteiger charge is -2.35. The van der Waals surface area contributed by atoms with Crippen LogP contribution in [0.1, 0.15) is 36.6 Å². The Morgan fingerprint density at radius 3 is 2.56 bits per heavy atom. The number of aromatic nitrogens is 2. The van der Waals surface area contributed by atoms with Gasteiger partial charge in [-0.3, -0.25) is 0 Å². The standard InChI is InChI=1S/C13H18N4O/c1-9-10(2)16-17-12(11(9)8-14)15-13(3)4-6-18-7-5-13/h4-7H2,1-3H3,(H,15,17). The molecule has 0 radical (unpaired) electrons. The van der Waals surface area contributed by atoms with Crippen molar-refractivity contribution < 1.29 is 4.74 Å². The second-order valence-corrected chi connectivity index (χ2v) is 5.04. The predicted molar refractivity (Wildman–Crippen MR) is 68.3 cm³/mol. The second-order valence-electron chi connectivity index (χ2n) is 5.04. The van der Waals surface area contributed by atoms with E-state index in [-0.39, 0.29) is 5.54 Å². The molecule has 5 nitrogen and oxygen atoms in total. The van der Waals surface area contributed by atoms with Crippen LogP contribution in [0, 0.1) is 25.2 Å². The molecular formula is C13H18N4O. The van der Waals surface area contributed by atoms with Crippen LogP contribution in [0.15, 0.2) is 0 Å². The third-order valence-corrected chi connectivity index (χ3v) is 3.58. The molecule has 2 heterocycles. The predicted octanol–water partition coefficient (Wildman–Crippen LogP) is 1.95. The molecule has 0 atom stereocenters. The van der Waals surface area contributed by atoms with Crippen molar-refractivity contribution in [2.24, 2.45) is 0 Å². The average molecular weight is 246 g/mol. The van der Waals surface area contributed by atoms with Crippen LogP contribution < -0.4 is 5.32 Å². The van der Waals surface area contributed by atoms with E-state index in [1.807, 2.05) is 13.8 Å². The Kier molecular flexibility index (Phi) is 3.48. The quantitative estimate of drug-likeness (QED) is 0.863. The molecule has 5 heteroatoms. The summed E-state index contributed by atoms with van der Waals surface area (Å²) < 4.78 is 5.36. The van der Waals surface area contributed by atoms with E-state index in [2.05, 4.69) is 28.5 Å². The zero-order chi connectivity index (χ0) is 13.2. The maximum atomic E-state index is 9.25. The van der Waals surface area contributed by atoms with Gasteiger partial charge < -0.3 is 10.1 Å². The molecular weight excluding hydrogens is 228 g/mol. The van der Waals surface area contributed by atoms with E-state index in [0.717, 1.165) is 37.3 Å². The van der Waals surface area contributed by atoms with E-state index in [0.29, 0.717) is 11.4 Å². The summed E-state index contributed by atoms with van der Waals surface area (Å²) in [5.74, 6) is 0.588. The van der Waals surface area contributed by atoms with Gasteiger partial charge in [-0.15, -0.1) is 5.10 Å². The Balaban J connectivity index is 2.29. The van der Waals surface area contributed by atoms with Crippen LogP contribution in [0.2, 0.25) is 0 Å². The number of hydrogen-bond donors (Lipinski definition) is 1. The van der Waals surface area contributed by atoms with Gasteiger partial charge in [0.25, 0.3) is 0 Å². The number of rotatable bonds is 2. The number of nitrogens with zero attached hydrogens (tertiary/aromatic N) is 3. The Bertz CT molecular complexity index is 486. The molecule has 1 aromatic rings. The van der Waals surface area contributed by atoms with Crippen molar-refractivity contribution in [3.8, 4) is 6.07 Å². The fourth-order valence-electron chi connectivity index (χ4n) is 2.07. The van der Waals surface area contributed by atoms with Crippen molar-refractivity contribution in [2.45, 2.75) is 39.2 Å². The molecule has 1 fully saturated rings. The lowest BCUT2D eigenvalue weighted by Crippen LogP contribution is -2.41. The Labute approximate surface area is 107 Å². The molecule has 18 heavy (non-hydrogen) atoms. The monoisotopic (exact) mass is 246 g/mol. The Hall–Kier alpha value is -1.67. The van der Waals surface area contributed by atoms with Crippen LogP contribution in [0.4, 0.5) is 5.82 Å². The number of nitrogens with one attached hydrogen (secondary N) is 1. The van der Waals surface area contributed by atoms with Gasteiger partial charge in [0.15, 0.2) is 5.82 Å². The lowest BCUT2D eigenvalue weighted by atomic mass is 9.92. The highest BCUT2D eigenvalue weighted by Gasteiger charge is 2.28. The average Bonchev–Trinajstić information content (AvgIpc) is 2.35. The number of ether oxygens (including phenoxy) is 1. The Morgan fingerprint density at radius 2 is 1.94 bits per heavy atom. The first kappa shape index (κ1) is 12.8. The molecule has 1 aliphatic heterocycles. The summed E-state index contributed by atoms with van der Waals surface area (Å²) in [4.78, 5) is 0. The largest absolute Gasteiger partial charge is 0.381 e. The third kappa shape index (κ3) is 2.44. The number of hydrogen-bond acceptors (Lipinski definition) is 5. The van der Waals surface area contributed by atoms with Crippen molar-refractivity contribution in [2.75, 3.05) is 18.5 Å². The van der Waals surface area contributed by atoms with Gasteiger partial charge in [-0.2, -0.15) is 10.4 Å². The summed E-state index contributed by atoms with van der Waals surface area (Å²) >= 11 is 0. The van der Waals surface area contributed by atoms with Crippen molar-refractivity contribution in [1.82, 2.24) is 10.2 Å². The molecule has 1 saturated heterocycles. The molecule has 0 unspecified atom stereocenters. The summed E-state index contributed by atoms with van der Waals surface area (Å²) in [7, 11) is 0. The lowest BCUT2D eigenvalue weighted by molar-refractivity contribution is 0.0657. The maximum Gasteiger partial charge on any atom is 0.167 e. The molecule has 0 amide bonds. The summed E-state index contributed by atoms with van der Waals surface area (Å²) in [5, 5.41) is 20.8. The van der Waals surface area contributed by atoms with Gasteiger partial charge in [0, 0.05) is 18.8 Å². The first-order valence-corrected chi connectivity index (χ1v) is 6.16. The van der Waals surface area contributed by atoms with Crippen LogP contribution in [-0.4, -0.2) is 29.0 Å². The van der Waals surface area contributed by atoms with Gasteiger partial charge in [-0.25, -0.2) is 0 Å². The molecule has 0 aromatic carbocycles. The third-order valence-electron chi connectivity index (χ3n) is 3.58. The number of nitriles is 1. The fourth-order valence-corrected chi connectivity index (χ4v) is 2.07. The van der Waals surface area contributed by atoms with Crippen LogP contribution in [0.3, 0.4) is 0 Å². The zero-order valence-electron chi connectivity index (χ0n) is 11.1. The summed E-state index contributed by atoms with van der Waals surface area (Å²) in [5.41, 5.74) is 2.22. The van der Waals surface area contributed by atoms with Gasteiger partial charge in [-0.05, 0) is 39.2 Å². The SMILES string of the molecule is Cc1nnc(NC2(C)CCOCC2)c(C#N)c1C. The van der Waals surface area contributed by atoms with Crippen LogP contribution in [0.25, 0.3) is 0 Å². The molecule has 0 saturated carbocycles. The molecule has 0 bridgehead atoms. The second kappa shape index (κ2) is 4.91. The highest BCUT2D eigenvalue weighted by Crippen LogP contribution is 2.27. The van der Waals surface area contributed by atoms with Gasteiger partial charge >= 0.3 is 0 Å². The summed E-state index contributed by atoms with van der Waals surface area (Å²) in [6.07, 6.45) is 1.82. The van der Waals surface area contributed by atoms with E-state index >= 15 is 0 Å². The van der Waals surface area contributed by atoms with E-state index in [9.17, 15) is 5.26 Å². The van der Waals surface area contributed by atoms with E-state index < -0.39 is 0 Å². The van der Waals surface area contributed by atoms with Gasteiger partial charge in [0.05, 0.1) is 5.69 Å². The van der Waals surface area contributed by atoms with Crippen LogP contribution in [-0.2, 0) is 4.74 Å². The van der Waals surface area contributed by atoms with E-state index in [1.54, 1.807) is 0 Å². The molecule has 0 aliphatic carbocycles. The first-order chi connectivity index (χ1) is 8.56. The van der Waals surface area contributed by atoms with Crippen LogP contribution >= 0.6 is 0 Å². The van der Waals surface area contributed by atoms with Crippen molar-refractivity contribution >= 4 is 5.82 Å². The van der Waals surface area contributed by atoms with Gasteiger partial charge in [0.2, 0.25) is 0 Å². The van der Waals surface area contributed by atoms with E-state index in [4.69, 9.17) is 4.74 Å². The maximum absolute atomic E-state index is 9.25. The summed E-state index contributed by atoms with van der Waals surface area (Å²) in [6.45, 7) is 7.38. The molecule has 1 aliphatic rings. The number of aryl methyl sites for hydroxylation is 1. The summed E-state index contributed by atoms with van der Waals surface area (Å²) in [6, 6.07) is 2.22. The highest BCUT2D eigenvalue weighted by atomic mass is 16.5. The van der Waals surface area contributed by atoms with Gasteiger partial charge in [-0.1, -0.05) is 0 Å².